The number of hydrogen-bond acceptors (Lipinski definition) is 3. The van der Waals surface area contributed by atoms with E-state index in [1.165, 1.54) is 0 Å². The number of aliphatic hydroxyl groups excluding tert-OH is 1. The first-order valence-corrected chi connectivity index (χ1v) is 9.71. The Kier molecular flexibility index (Phi) is 3.55. The van der Waals surface area contributed by atoms with Crippen molar-refractivity contribution in [3.05, 3.63) is 0 Å². The summed E-state index contributed by atoms with van der Waals surface area (Å²) < 4.78 is 16.7. The Balaban J connectivity index is 1.78. The van der Waals surface area contributed by atoms with Crippen molar-refractivity contribution in [2.75, 3.05) is 0 Å². The minimum absolute atomic E-state index is 0.0157. The predicted molar refractivity (Wildman–Crippen MR) is 92.3 cm³/mol. The molecular formula is C21H29FO3. The van der Waals surface area contributed by atoms with Gasteiger partial charge in [0.1, 0.15) is 17.1 Å². The van der Waals surface area contributed by atoms with Crippen LogP contribution in [0.4, 0.5) is 4.39 Å². The van der Waals surface area contributed by atoms with Crippen molar-refractivity contribution in [3.8, 4) is 12.3 Å². The van der Waals surface area contributed by atoms with E-state index in [0.717, 1.165) is 6.42 Å². The van der Waals surface area contributed by atoms with Crippen LogP contribution in [0.3, 0.4) is 0 Å². The second kappa shape index (κ2) is 5.08. The number of ketones is 1. The maximum Gasteiger partial charge on any atom is 0.145 e. The Bertz CT molecular complexity index is 656. The van der Waals surface area contributed by atoms with E-state index in [0.29, 0.717) is 38.5 Å². The van der Waals surface area contributed by atoms with Crippen molar-refractivity contribution in [2.45, 2.75) is 82.6 Å². The number of fused-ring (bicyclic) bond motifs is 5. The number of hydrogen-bond donors (Lipinski definition) is 2. The number of rotatable bonds is 0. The highest BCUT2D eigenvalue weighted by Gasteiger charge is 2.73. The lowest BCUT2D eigenvalue weighted by Gasteiger charge is -2.65. The molecule has 25 heavy (non-hydrogen) atoms. The highest BCUT2D eigenvalue weighted by atomic mass is 19.1. The summed E-state index contributed by atoms with van der Waals surface area (Å²) in [5.41, 5.74) is -4.27. The number of carbonyl (C=O) groups is 1. The number of halogens is 1. The highest BCUT2D eigenvalue weighted by molar-refractivity contribution is 5.79. The molecule has 138 valence electrons. The van der Waals surface area contributed by atoms with Gasteiger partial charge in [0.05, 0.1) is 6.10 Å². The van der Waals surface area contributed by atoms with Crippen molar-refractivity contribution < 1.29 is 19.4 Å². The molecule has 0 aromatic heterocycles. The summed E-state index contributed by atoms with van der Waals surface area (Å²) in [7, 11) is 0. The normalized spacial score (nSPS) is 58.0. The van der Waals surface area contributed by atoms with Crippen LogP contribution in [-0.4, -0.2) is 33.4 Å². The highest BCUT2D eigenvalue weighted by Crippen LogP contribution is 2.70. The molecular weight excluding hydrogens is 319 g/mol. The van der Waals surface area contributed by atoms with Crippen LogP contribution in [0.15, 0.2) is 0 Å². The monoisotopic (exact) mass is 348 g/mol. The topological polar surface area (TPSA) is 57.5 Å². The fourth-order valence-electron chi connectivity index (χ4n) is 7.29. The molecule has 0 heterocycles. The maximum absolute atomic E-state index is 16.7. The van der Waals surface area contributed by atoms with Crippen LogP contribution in [0.25, 0.3) is 0 Å². The smallest absolute Gasteiger partial charge is 0.145 e. The summed E-state index contributed by atoms with van der Waals surface area (Å²) in [5, 5.41) is 22.0. The number of alkyl halides is 1. The largest absolute Gasteiger partial charge is 0.390 e. The third-order valence-electron chi connectivity index (χ3n) is 8.95. The fraction of sp³-hybridized carbons (Fsp3) is 0.857. The van der Waals surface area contributed by atoms with E-state index in [9.17, 15) is 15.0 Å². The molecule has 0 aliphatic heterocycles. The van der Waals surface area contributed by atoms with Gasteiger partial charge >= 0.3 is 0 Å². The van der Waals surface area contributed by atoms with Crippen molar-refractivity contribution in [1.29, 1.82) is 0 Å². The van der Waals surface area contributed by atoms with Gasteiger partial charge in [0.25, 0.3) is 0 Å². The molecule has 8 unspecified atom stereocenters. The van der Waals surface area contributed by atoms with Crippen LogP contribution >= 0.6 is 0 Å². The van der Waals surface area contributed by atoms with Crippen LogP contribution in [0.2, 0.25) is 0 Å². The number of Topliss-reactive ketones (excluding diaryl/α,β-unsaturated/α-hetero) is 1. The fourth-order valence-corrected chi connectivity index (χ4v) is 7.29. The molecule has 0 aromatic carbocycles. The summed E-state index contributed by atoms with van der Waals surface area (Å²) in [6.07, 6.45) is 8.74. The summed E-state index contributed by atoms with van der Waals surface area (Å²) in [6, 6.07) is 0. The molecule has 8 atom stereocenters. The molecule has 0 radical (unpaired) electrons. The molecule has 0 amide bonds. The van der Waals surface area contributed by atoms with Gasteiger partial charge in [-0.15, -0.1) is 6.42 Å². The maximum atomic E-state index is 16.7. The molecule has 4 fully saturated rings. The Hall–Kier alpha value is -0.920. The van der Waals surface area contributed by atoms with Gasteiger partial charge in [-0.2, -0.15) is 0 Å². The van der Waals surface area contributed by atoms with Crippen LogP contribution in [0.5, 0.6) is 0 Å². The van der Waals surface area contributed by atoms with Gasteiger partial charge in [-0.1, -0.05) is 19.8 Å². The third kappa shape index (κ3) is 1.87. The third-order valence-corrected chi connectivity index (χ3v) is 8.95. The van der Waals surface area contributed by atoms with E-state index in [-0.39, 0.29) is 30.0 Å². The molecule has 2 N–H and O–H groups in total. The Morgan fingerprint density at radius 2 is 1.88 bits per heavy atom. The zero-order chi connectivity index (χ0) is 18.3. The van der Waals surface area contributed by atoms with Gasteiger partial charge in [0.2, 0.25) is 0 Å². The molecule has 4 heteroatoms. The van der Waals surface area contributed by atoms with E-state index in [2.05, 4.69) is 5.92 Å². The van der Waals surface area contributed by atoms with Gasteiger partial charge in [-0.05, 0) is 56.3 Å². The molecule has 4 aliphatic carbocycles. The number of aliphatic hydroxyl groups is 2. The predicted octanol–water partition coefficient (Wildman–Crippen LogP) is 3.03. The number of carbonyl (C=O) groups excluding carboxylic acids is 1. The first kappa shape index (κ1) is 17.5. The first-order valence-electron chi connectivity index (χ1n) is 9.71. The van der Waals surface area contributed by atoms with E-state index >= 15 is 4.39 Å². The van der Waals surface area contributed by atoms with E-state index in [1.54, 1.807) is 0 Å². The zero-order valence-electron chi connectivity index (χ0n) is 15.2. The molecule has 0 bridgehead atoms. The van der Waals surface area contributed by atoms with Gasteiger partial charge in [0.15, 0.2) is 0 Å². The van der Waals surface area contributed by atoms with Gasteiger partial charge in [0, 0.05) is 23.7 Å². The molecule has 0 saturated heterocycles. The molecule has 4 rings (SSSR count). The zero-order valence-corrected chi connectivity index (χ0v) is 15.2. The van der Waals surface area contributed by atoms with Crippen molar-refractivity contribution in [2.24, 2.45) is 28.6 Å². The lowest BCUT2D eigenvalue weighted by Crippen LogP contribution is -2.70. The SMILES string of the molecule is C#CC1(O)CCC2C3CCC4CC(=O)CCC4(C)C3(F)C(O)CC21C. The van der Waals surface area contributed by atoms with Crippen LogP contribution < -0.4 is 0 Å². The molecule has 4 aliphatic rings. The van der Waals surface area contributed by atoms with Gasteiger partial charge in [-0.25, -0.2) is 4.39 Å². The van der Waals surface area contributed by atoms with Crippen LogP contribution in [0, 0.1) is 40.9 Å². The van der Waals surface area contributed by atoms with Crippen molar-refractivity contribution in [3.63, 3.8) is 0 Å². The average molecular weight is 348 g/mol. The Labute approximate surface area is 149 Å². The van der Waals surface area contributed by atoms with Crippen LogP contribution in [0.1, 0.15) is 65.2 Å². The summed E-state index contributed by atoms with van der Waals surface area (Å²) >= 11 is 0. The summed E-state index contributed by atoms with van der Waals surface area (Å²) in [5.74, 6) is 2.49. The standard InChI is InChI=1S/C21H29FO3/c1-4-20(25)10-8-15-16-6-5-13-11-14(23)7-9-18(13,2)21(16,22)17(24)12-19(15,20)3/h1,13,15-17,24-25H,5-12H2,2-3H3. The lowest BCUT2D eigenvalue weighted by molar-refractivity contribution is -0.250. The number of terminal acetylenes is 1. The molecule has 0 aromatic rings. The van der Waals surface area contributed by atoms with Crippen LogP contribution in [-0.2, 0) is 4.79 Å². The van der Waals surface area contributed by atoms with Gasteiger partial charge in [-0.3, -0.25) is 4.79 Å². The Morgan fingerprint density at radius 3 is 2.56 bits per heavy atom. The second-order valence-electron chi connectivity index (χ2n) is 9.60. The second-order valence-corrected chi connectivity index (χ2v) is 9.60. The Morgan fingerprint density at radius 1 is 1.16 bits per heavy atom. The quantitative estimate of drug-likeness (QED) is 0.662. The lowest BCUT2D eigenvalue weighted by atomic mass is 9.42. The first-order chi connectivity index (χ1) is 11.6. The van der Waals surface area contributed by atoms with Crippen molar-refractivity contribution >= 4 is 5.78 Å². The average Bonchev–Trinajstić information content (AvgIpc) is 2.82. The minimum Gasteiger partial charge on any atom is -0.390 e. The van der Waals surface area contributed by atoms with Crippen molar-refractivity contribution in [1.82, 2.24) is 0 Å². The van der Waals surface area contributed by atoms with Gasteiger partial charge < -0.3 is 10.2 Å². The summed E-state index contributed by atoms with van der Waals surface area (Å²) in [6.45, 7) is 3.89. The van der Waals surface area contributed by atoms with E-state index < -0.39 is 28.2 Å². The van der Waals surface area contributed by atoms with E-state index in [4.69, 9.17) is 6.42 Å². The molecule has 3 nitrogen and oxygen atoms in total. The summed E-state index contributed by atoms with van der Waals surface area (Å²) in [4.78, 5) is 11.9. The minimum atomic E-state index is -1.69. The molecule has 4 saturated carbocycles. The molecule has 0 spiro atoms. The van der Waals surface area contributed by atoms with E-state index in [1.807, 2.05) is 13.8 Å².